The first-order valence-electron chi connectivity index (χ1n) is 8.13. The molecule has 0 radical (unpaired) electrons. The maximum Gasteiger partial charge on any atom is 0.0483 e. The Morgan fingerprint density at radius 3 is 2.81 bits per heavy atom. The van der Waals surface area contributed by atoms with Gasteiger partial charge in [0.25, 0.3) is 0 Å². The molecule has 0 bridgehead atoms. The Morgan fingerprint density at radius 2 is 2.00 bits per heavy atom. The van der Waals surface area contributed by atoms with E-state index in [0.717, 1.165) is 32.7 Å². The number of nitrogens with zero attached hydrogens (tertiary/aromatic N) is 1. The van der Waals surface area contributed by atoms with E-state index in [2.05, 4.69) is 47.3 Å². The summed E-state index contributed by atoms with van der Waals surface area (Å²) < 4.78 is 7.55. The van der Waals surface area contributed by atoms with Gasteiger partial charge in [0.2, 0.25) is 0 Å². The average Bonchev–Trinajstić information content (AvgIpc) is 2.86. The molecule has 21 heavy (non-hydrogen) atoms. The lowest BCUT2D eigenvalue weighted by Gasteiger charge is -2.04. The van der Waals surface area contributed by atoms with Gasteiger partial charge in [-0.3, -0.25) is 0 Å². The van der Waals surface area contributed by atoms with Crippen LogP contribution >= 0.6 is 0 Å². The Balaban J connectivity index is 2.01. The van der Waals surface area contributed by atoms with Crippen molar-refractivity contribution in [3.05, 3.63) is 36.0 Å². The van der Waals surface area contributed by atoms with E-state index in [1.165, 1.54) is 35.7 Å². The number of nitrogens with one attached hydrogen (secondary N) is 1. The van der Waals surface area contributed by atoms with Crippen molar-refractivity contribution >= 4 is 10.9 Å². The Bertz CT molecular complexity index is 533. The van der Waals surface area contributed by atoms with Gasteiger partial charge in [-0.05, 0) is 50.4 Å². The van der Waals surface area contributed by atoms with E-state index in [0.29, 0.717) is 0 Å². The third-order valence-electron chi connectivity index (χ3n) is 3.92. The summed E-state index contributed by atoms with van der Waals surface area (Å²) in [6, 6.07) is 8.75. The van der Waals surface area contributed by atoms with Crippen LogP contribution in [0.4, 0.5) is 0 Å². The van der Waals surface area contributed by atoms with Crippen LogP contribution in [0, 0.1) is 0 Å². The highest BCUT2D eigenvalue weighted by atomic mass is 16.5. The minimum absolute atomic E-state index is 0.824. The molecule has 0 amide bonds. The number of benzene rings is 1. The van der Waals surface area contributed by atoms with Gasteiger partial charge in [-0.2, -0.15) is 0 Å². The fourth-order valence-electron chi connectivity index (χ4n) is 2.83. The van der Waals surface area contributed by atoms with Crippen LogP contribution in [0.5, 0.6) is 0 Å². The molecule has 0 saturated heterocycles. The zero-order valence-corrected chi connectivity index (χ0v) is 13.4. The number of rotatable bonds is 10. The number of methoxy groups -OCH3 is 1. The molecule has 2 rings (SSSR count). The van der Waals surface area contributed by atoms with Crippen LogP contribution in [0.3, 0.4) is 0 Å². The molecular formula is C18H28N2O. The molecule has 0 aliphatic heterocycles. The molecule has 116 valence electrons. The van der Waals surface area contributed by atoms with Crippen molar-refractivity contribution in [3.63, 3.8) is 0 Å². The second-order valence-electron chi connectivity index (χ2n) is 5.52. The second-order valence-corrected chi connectivity index (χ2v) is 5.52. The van der Waals surface area contributed by atoms with Gasteiger partial charge in [-0.1, -0.05) is 25.1 Å². The number of fused-ring (bicyclic) bond motifs is 1. The lowest BCUT2D eigenvalue weighted by atomic mass is 10.1. The highest BCUT2D eigenvalue weighted by Crippen LogP contribution is 2.23. The number of aromatic nitrogens is 1. The molecule has 2 aromatic rings. The van der Waals surface area contributed by atoms with Crippen LogP contribution in [-0.2, 0) is 17.7 Å². The predicted octanol–water partition coefficient (Wildman–Crippen LogP) is 3.61. The lowest BCUT2D eigenvalue weighted by molar-refractivity contribution is 0.190. The predicted molar refractivity (Wildman–Crippen MR) is 89.9 cm³/mol. The van der Waals surface area contributed by atoms with Crippen molar-refractivity contribution in [1.29, 1.82) is 0 Å². The van der Waals surface area contributed by atoms with Crippen molar-refractivity contribution in [3.8, 4) is 0 Å². The Kier molecular flexibility index (Phi) is 6.77. The number of aryl methyl sites for hydroxylation is 2. The van der Waals surface area contributed by atoms with E-state index in [1.807, 2.05) is 0 Å². The summed E-state index contributed by atoms with van der Waals surface area (Å²) in [5.74, 6) is 0. The smallest absolute Gasteiger partial charge is 0.0483 e. The summed E-state index contributed by atoms with van der Waals surface area (Å²) in [4.78, 5) is 0. The molecule has 1 N–H and O–H groups in total. The second kappa shape index (κ2) is 8.85. The van der Waals surface area contributed by atoms with Crippen LogP contribution < -0.4 is 5.32 Å². The molecular weight excluding hydrogens is 260 g/mol. The van der Waals surface area contributed by atoms with Gasteiger partial charge in [0.1, 0.15) is 0 Å². The quantitative estimate of drug-likeness (QED) is 0.676. The maximum absolute atomic E-state index is 5.16. The van der Waals surface area contributed by atoms with Crippen molar-refractivity contribution in [2.24, 2.45) is 0 Å². The van der Waals surface area contributed by atoms with Gasteiger partial charge < -0.3 is 14.6 Å². The standard InChI is InChI=1S/C18H28N2O/c1-3-19-12-7-6-9-16-15-20(13-8-14-21-2)18-11-5-4-10-17(16)18/h4-5,10-11,15,19H,3,6-9,12-14H2,1-2H3. The van der Waals surface area contributed by atoms with Gasteiger partial charge >= 0.3 is 0 Å². The zero-order chi connectivity index (χ0) is 14.9. The van der Waals surface area contributed by atoms with Gasteiger partial charge in [-0.25, -0.2) is 0 Å². The first-order valence-corrected chi connectivity index (χ1v) is 8.13. The van der Waals surface area contributed by atoms with E-state index in [-0.39, 0.29) is 0 Å². The summed E-state index contributed by atoms with van der Waals surface area (Å²) in [7, 11) is 1.77. The number of hydrogen-bond donors (Lipinski definition) is 1. The largest absolute Gasteiger partial charge is 0.385 e. The lowest BCUT2D eigenvalue weighted by Crippen LogP contribution is -2.13. The van der Waals surface area contributed by atoms with E-state index in [1.54, 1.807) is 7.11 Å². The molecule has 3 heteroatoms. The molecule has 0 saturated carbocycles. The fourth-order valence-corrected chi connectivity index (χ4v) is 2.83. The highest BCUT2D eigenvalue weighted by molar-refractivity contribution is 5.83. The van der Waals surface area contributed by atoms with E-state index < -0.39 is 0 Å². The molecule has 1 heterocycles. The summed E-state index contributed by atoms with van der Waals surface area (Å²) in [6.07, 6.45) is 7.07. The summed E-state index contributed by atoms with van der Waals surface area (Å²) in [5, 5.41) is 4.81. The van der Waals surface area contributed by atoms with E-state index in [9.17, 15) is 0 Å². The molecule has 0 unspecified atom stereocenters. The zero-order valence-electron chi connectivity index (χ0n) is 13.4. The summed E-state index contributed by atoms with van der Waals surface area (Å²) >= 11 is 0. The molecule has 0 aliphatic carbocycles. The monoisotopic (exact) mass is 288 g/mol. The summed E-state index contributed by atoms with van der Waals surface area (Å²) in [6.45, 7) is 6.21. The van der Waals surface area contributed by atoms with Crippen LogP contribution in [0.25, 0.3) is 10.9 Å². The fraction of sp³-hybridized carbons (Fsp3) is 0.556. The highest BCUT2D eigenvalue weighted by Gasteiger charge is 2.07. The minimum atomic E-state index is 0.824. The van der Waals surface area contributed by atoms with Gasteiger partial charge in [0.15, 0.2) is 0 Å². The van der Waals surface area contributed by atoms with E-state index in [4.69, 9.17) is 4.74 Å². The topological polar surface area (TPSA) is 26.2 Å². The van der Waals surface area contributed by atoms with Crippen molar-refractivity contribution < 1.29 is 4.74 Å². The van der Waals surface area contributed by atoms with Crippen molar-refractivity contribution in [1.82, 2.24) is 9.88 Å². The number of unbranched alkanes of at least 4 members (excludes halogenated alkanes) is 1. The van der Waals surface area contributed by atoms with Crippen LogP contribution in [0.2, 0.25) is 0 Å². The molecule has 1 aromatic heterocycles. The first kappa shape index (κ1) is 16.1. The molecule has 0 atom stereocenters. The van der Waals surface area contributed by atoms with Gasteiger partial charge in [0, 0.05) is 37.4 Å². The first-order chi connectivity index (χ1) is 10.4. The molecule has 0 aliphatic rings. The number of para-hydroxylation sites is 1. The average molecular weight is 288 g/mol. The molecule has 3 nitrogen and oxygen atoms in total. The normalized spacial score (nSPS) is 11.3. The van der Waals surface area contributed by atoms with Crippen LogP contribution in [0.15, 0.2) is 30.5 Å². The number of ether oxygens (including phenoxy) is 1. The minimum Gasteiger partial charge on any atom is -0.385 e. The van der Waals surface area contributed by atoms with E-state index >= 15 is 0 Å². The Labute approximate surface area is 128 Å². The SMILES string of the molecule is CCNCCCCc1cn(CCCOC)c2ccccc12. The molecule has 0 fully saturated rings. The van der Waals surface area contributed by atoms with Crippen molar-refractivity contribution in [2.45, 2.75) is 39.2 Å². The maximum atomic E-state index is 5.16. The van der Waals surface area contributed by atoms with Crippen molar-refractivity contribution in [2.75, 3.05) is 26.8 Å². The third-order valence-corrected chi connectivity index (χ3v) is 3.92. The van der Waals surface area contributed by atoms with Crippen LogP contribution in [0.1, 0.15) is 31.7 Å². The Morgan fingerprint density at radius 1 is 1.14 bits per heavy atom. The third kappa shape index (κ3) is 4.58. The van der Waals surface area contributed by atoms with Gasteiger partial charge in [0.05, 0.1) is 0 Å². The molecule has 1 aromatic carbocycles. The van der Waals surface area contributed by atoms with Crippen LogP contribution in [-0.4, -0.2) is 31.4 Å². The Hall–Kier alpha value is -1.32. The summed E-state index contributed by atoms with van der Waals surface area (Å²) in [5.41, 5.74) is 2.84. The number of hydrogen-bond acceptors (Lipinski definition) is 2. The van der Waals surface area contributed by atoms with Gasteiger partial charge in [-0.15, -0.1) is 0 Å². The molecule has 0 spiro atoms.